The number of nitrogens with zero attached hydrogens (tertiary/aromatic N) is 1. The monoisotopic (exact) mass is 375 g/mol. The molecule has 0 fully saturated rings. The number of benzene rings is 3. The molecule has 4 heteroatoms. The summed E-state index contributed by atoms with van der Waals surface area (Å²) in [4.78, 5) is 4.70. The zero-order valence-corrected chi connectivity index (χ0v) is 16.7. The highest BCUT2D eigenvalue weighted by atomic mass is 16.6. The van der Waals surface area contributed by atoms with Crippen LogP contribution in [0.2, 0.25) is 0 Å². The van der Waals surface area contributed by atoms with Gasteiger partial charge in [0.2, 0.25) is 5.90 Å². The van der Waals surface area contributed by atoms with Crippen molar-refractivity contribution >= 4 is 11.6 Å². The summed E-state index contributed by atoms with van der Waals surface area (Å²) in [5.74, 6) is 2.50. The zero-order chi connectivity index (χ0) is 19.9. The van der Waals surface area contributed by atoms with Crippen molar-refractivity contribution < 1.29 is 14.2 Å². The Balaban J connectivity index is 1.91. The van der Waals surface area contributed by atoms with Crippen molar-refractivity contribution in [2.45, 2.75) is 26.9 Å². The topological polar surface area (TPSA) is 40.0 Å². The number of aliphatic imine (C=N–C) groups is 1. The summed E-state index contributed by atoms with van der Waals surface area (Å²) >= 11 is 0. The molecule has 0 saturated heterocycles. The van der Waals surface area contributed by atoms with E-state index in [4.69, 9.17) is 19.2 Å². The molecule has 0 aromatic heterocycles. The lowest BCUT2D eigenvalue weighted by Gasteiger charge is -2.19. The van der Waals surface area contributed by atoms with Crippen LogP contribution in [0.5, 0.6) is 17.2 Å². The van der Waals surface area contributed by atoms with E-state index in [0.717, 1.165) is 17.0 Å². The van der Waals surface area contributed by atoms with Crippen LogP contribution in [0, 0.1) is 13.8 Å². The van der Waals surface area contributed by atoms with E-state index in [-0.39, 0.29) is 0 Å². The van der Waals surface area contributed by atoms with E-state index in [1.54, 1.807) is 7.11 Å². The van der Waals surface area contributed by atoms with Gasteiger partial charge in [-0.2, -0.15) is 0 Å². The lowest BCUT2D eigenvalue weighted by molar-refractivity contribution is 0.249. The maximum Gasteiger partial charge on any atom is 0.236 e. The average Bonchev–Trinajstić information content (AvgIpc) is 2.69. The van der Waals surface area contributed by atoms with Crippen LogP contribution < -0.4 is 14.2 Å². The molecule has 0 bridgehead atoms. The minimum Gasteiger partial charge on any atom is -0.493 e. The van der Waals surface area contributed by atoms with Gasteiger partial charge in [0, 0.05) is 0 Å². The summed E-state index contributed by atoms with van der Waals surface area (Å²) in [6.45, 7) is 5.98. The highest BCUT2D eigenvalue weighted by Gasteiger charge is 2.18. The van der Waals surface area contributed by atoms with Gasteiger partial charge < -0.3 is 14.2 Å². The van der Waals surface area contributed by atoms with Crippen LogP contribution in [-0.2, 0) is 0 Å². The fourth-order valence-electron chi connectivity index (χ4n) is 2.70. The van der Waals surface area contributed by atoms with Gasteiger partial charge in [-0.1, -0.05) is 42.0 Å². The third kappa shape index (κ3) is 5.13. The molecular formula is C24H25NO3. The van der Waals surface area contributed by atoms with E-state index in [1.807, 2.05) is 93.6 Å². The number of para-hydroxylation sites is 2. The highest BCUT2D eigenvalue weighted by molar-refractivity contribution is 5.85. The molecule has 0 N–H and O–H groups in total. The van der Waals surface area contributed by atoms with Gasteiger partial charge in [0.15, 0.2) is 17.6 Å². The Labute approximate surface area is 166 Å². The smallest absolute Gasteiger partial charge is 0.236 e. The first kappa shape index (κ1) is 19.5. The van der Waals surface area contributed by atoms with Crippen LogP contribution in [0.25, 0.3) is 0 Å². The van der Waals surface area contributed by atoms with Crippen LogP contribution in [0.1, 0.15) is 18.1 Å². The minimum atomic E-state index is -0.418. The predicted molar refractivity (Wildman–Crippen MR) is 113 cm³/mol. The second-order valence-electron chi connectivity index (χ2n) is 6.62. The molecule has 0 aliphatic carbocycles. The summed E-state index contributed by atoms with van der Waals surface area (Å²) in [5.41, 5.74) is 3.10. The molecule has 3 aromatic carbocycles. The molecule has 0 spiro atoms. The van der Waals surface area contributed by atoms with Crippen LogP contribution in [0.4, 0.5) is 5.69 Å². The van der Waals surface area contributed by atoms with Gasteiger partial charge in [0.05, 0.1) is 12.8 Å². The Kier molecular flexibility index (Phi) is 6.33. The van der Waals surface area contributed by atoms with Gasteiger partial charge in [-0.15, -0.1) is 0 Å². The van der Waals surface area contributed by atoms with E-state index in [2.05, 4.69) is 0 Å². The lowest BCUT2D eigenvalue weighted by Crippen LogP contribution is -2.29. The molecule has 0 heterocycles. The second kappa shape index (κ2) is 9.09. The maximum absolute atomic E-state index is 6.12. The third-order valence-corrected chi connectivity index (χ3v) is 4.21. The van der Waals surface area contributed by atoms with Crippen LogP contribution in [0.15, 0.2) is 77.8 Å². The number of rotatable bonds is 6. The highest BCUT2D eigenvalue weighted by Crippen LogP contribution is 2.28. The zero-order valence-electron chi connectivity index (χ0n) is 16.7. The summed E-state index contributed by atoms with van der Waals surface area (Å²) in [5, 5.41) is 0. The largest absolute Gasteiger partial charge is 0.493 e. The SMILES string of the molecule is COc1ccccc1OC(C)C(=Nc1ccc(C)cc1)Oc1cccc(C)c1. The summed E-state index contributed by atoms with van der Waals surface area (Å²) in [7, 11) is 1.62. The molecule has 0 radical (unpaired) electrons. The Hall–Kier alpha value is -3.27. The van der Waals surface area contributed by atoms with Crippen LogP contribution in [0.3, 0.4) is 0 Å². The van der Waals surface area contributed by atoms with Gasteiger partial charge in [0.25, 0.3) is 0 Å². The molecule has 1 unspecified atom stereocenters. The van der Waals surface area contributed by atoms with E-state index >= 15 is 0 Å². The standard InChI is InChI=1S/C24H25NO3/c1-17-12-14-20(15-13-17)25-24(28-21-9-7-8-18(2)16-21)19(3)27-23-11-6-5-10-22(23)26-4/h5-16,19H,1-4H3. The quantitative estimate of drug-likeness (QED) is 0.398. The van der Waals surface area contributed by atoms with Crippen molar-refractivity contribution in [2.24, 2.45) is 4.99 Å². The first-order valence-corrected chi connectivity index (χ1v) is 9.24. The summed E-state index contributed by atoms with van der Waals surface area (Å²) < 4.78 is 17.6. The molecule has 0 aliphatic heterocycles. The number of hydrogen-bond acceptors (Lipinski definition) is 4. The number of hydrogen-bond donors (Lipinski definition) is 0. The molecule has 3 aromatic rings. The molecule has 1 atom stereocenters. The van der Waals surface area contributed by atoms with Crippen molar-refractivity contribution in [3.05, 3.63) is 83.9 Å². The predicted octanol–water partition coefficient (Wildman–Crippen LogP) is 5.89. The molecule has 0 amide bonds. The van der Waals surface area contributed by atoms with Crippen molar-refractivity contribution in [3.63, 3.8) is 0 Å². The summed E-state index contributed by atoms with van der Waals surface area (Å²) in [6.07, 6.45) is -0.418. The van der Waals surface area contributed by atoms with Crippen molar-refractivity contribution in [1.82, 2.24) is 0 Å². The first-order valence-electron chi connectivity index (χ1n) is 9.24. The molecule has 0 aliphatic rings. The second-order valence-corrected chi connectivity index (χ2v) is 6.62. The van der Waals surface area contributed by atoms with Gasteiger partial charge in [-0.3, -0.25) is 0 Å². The molecule has 0 saturated carbocycles. The first-order chi connectivity index (χ1) is 13.5. The molecule has 28 heavy (non-hydrogen) atoms. The number of aryl methyl sites for hydroxylation is 2. The van der Waals surface area contributed by atoms with E-state index < -0.39 is 6.10 Å². The Morgan fingerprint density at radius 3 is 2.21 bits per heavy atom. The normalized spacial score (nSPS) is 12.4. The van der Waals surface area contributed by atoms with Crippen LogP contribution >= 0.6 is 0 Å². The van der Waals surface area contributed by atoms with Gasteiger partial charge in [0.1, 0.15) is 5.75 Å². The van der Waals surface area contributed by atoms with Gasteiger partial charge in [-0.25, -0.2) is 4.99 Å². The summed E-state index contributed by atoms with van der Waals surface area (Å²) in [6, 6.07) is 23.4. The third-order valence-electron chi connectivity index (χ3n) is 4.21. The Bertz CT molecular complexity index is 948. The van der Waals surface area contributed by atoms with E-state index in [9.17, 15) is 0 Å². The Morgan fingerprint density at radius 2 is 1.54 bits per heavy atom. The molecular weight excluding hydrogens is 350 g/mol. The van der Waals surface area contributed by atoms with Crippen LogP contribution in [-0.4, -0.2) is 19.1 Å². The molecule has 3 rings (SSSR count). The van der Waals surface area contributed by atoms with Crippen molar-refractivity contribution in [3.8, 4) is 17.2 Å². The van der Waals surface area contributed by atoms with Crippen molar-refractivity contribution in [2.75, 3.05) is 7.11 Å². The van der Waals surface area contributed by atoms with Crippen molar-refractivity contribution in [1.29, 1.82) is 0 Å². The van der Waals surface area contributed by atoms with E-state index in [0.29, 0.717) is 17.4 Å². The molecule has 144 valence electrons. The average molecular weight is 375 g/mol. The van der Waals surface area contributed by atoms with Gasteiger partial charge in [-0.05, 0) is 62.7 Å². The fraction of sp³-hybridized carbons (Fsp3) is 0.208. The van der Waals surface area contributed by atoms with Gasteiger partial charge >= 0.3 is 0 Å². The number of methoxy groups -OCH3 is 1. The maximum atomic E-state index is 6.12. The fourth-order valence-corrected chi connectivity index (χ4v) is 2.70. The minimum absolute atomic E-state index is 0.418. The molecule has 4 nitrogen and oxygen atoms in total. The number of ether oxygens (including phenoxy) is 3. The lowest BCUT2D eigenvalue weighted by atomic mass is 10.2. The van der Waals surface area contributed by atoms with E-state index in [1.165, 1.54) is 5.56 Å². The Morgan fingerprint density at radius 1 is 0.821 bits per heavy atom.